The maximum absolute atomic E-state index is 5.95. The van der Waals surface area contributed by atoms with Crippen LogP contribution in [0.25, 0.3) is 0 Å². The Morgan fingerprint density at radius 2 is 1.67 bits per heavy atom. The first-order valence-electron chi connectivity index (χ1n) is 5.93. The van der Waals surface area contributed by atoms with Gasteiger partial charge in [-0.2, -0.15) is 0 Å². The molecule has 0 aliphatic carbocycles. The molecular weight excluding hydrogens is 204 g/mol. The van der Waals surface area contributed by atoms with Gasteiger partial charge in [0.25, 0.3) is 0 Å². The smallest absolute Gasteiger partial charge is 0.0254 e. The summed E-state index contributed by atoms with van der Waals surface area (Å²) in [6, 6.07) is 8.95. The summed E-state index contributed by atoms with van der Waals surface area (Å²) in [7, 11) is 0. The van der Waals surface area contributed by atoms with E-state index in [1.807, 2.05) is 0 Å². The fourth-order valence-electron chi connectivity index (χ4n) is 1.89. The van der Waals surface area contributed by atoms with Crippen molar-refractivity contribution in [2.45, 2.75) is 39.5 Å². The molecule has 0 nitrogen and oxygen atoms in total. The van der Waals surface area contributed by atoms with Gasteiger partial charge in [-0.3, -0.25) is 0 Å². The van der Waals surface area contributed by atoms with E-state index < -0.39 is 0 Å². The highest BCUT2D eigenvalue weighted by molar-refractivity contribution is 6.18. The van der Waals surface area contributed by atoms with Crippen LogP contribution in [0.2, 0.25) is 0 Å². The fraction of sp³-hybridized carbons (Fsp3) is 0.571. The van der Waals surface area contributed by atoms with Gasteiger partial charge < -0.3 is 0 Å². The largest absolute Gasteiger partial charge is 0.126 e. The second kappa shape index (κ2) is 6.90. The zero-order chi connectivity index (χ0) is 11.1. The summed E-state index contributed by atoms with van der Waals surface area (Å²) in [4.78, 5) is 0. The Bertz CT molecular complexity index is 263. The third kappa shape index (κ3) is 4.25. The van der Waals surface area contributed by atoms with Crippen molar-refractivity contribution in [1.29, 1.82) is 0 Å². The third-order valence-electron chi connectivity index (χ3n) is 2.87. The van der Waals surface area contributed by atoms with Crippen LogP contribution in [-0.4, -0.2) is 5.88 Å². The van der Waals surface area contributed by atoms with Crippen molar-refractivity contribution in [2.75, 3.05) is 5.88 Å². The van der Waals surface area contributed by atoms with E-state index in [9.17, 15) is 0 Å². The molecule has 0 saturated heterocycles. The molecule has 0 fully saturated rings. The molecule has 1 unspecified atom stereocenters. The van der Waals surface area contributed by atoms with Crippen LogP contribution in [0.15, 0.2) is 24.3 Å². The summed E-state index contributed by atoms with van der Waals surface area (Å²) >= 11 is 5.95. The quantitative estimate of drug-likeness (QED) is 0.627. The van der Waals surface area contributed by atoms with E-state index in [1.165, 1.54) is 24.0 Å². The van der Waals surface area contributed by atoms with Crippen LogP contribution in [0, 0.1) is 5.92 Å². The SMILES string of the molecule is CCCC(CCl)Cc1ccc(CC)cc1. The van der Waals surface area contributed by atoms with Gasteiger partial charge in [-0.15, -0.1) is 11.6 Å². The molecule has 0 amide bonds. The molecule has 84 valence electrons. The highest BCUT2D eigenvalue weighted by Gasteiger charge is 2.07. The lowest BCUT2D eigenvalue weighted by atomic mass is 9.96. The molecule has 0 N–H and O–H groups in total. The van der Waals surface area contributed by atoms with Crippen molar-refractivity contribution in [1.82, 2.24) is 0 Å². The second-order valence-corrected chi connectivity index (χ2v) is 4.49. The van der Waals surface area contributed by atoms with Crippen LogP contribution >= 0.6 is 11.6 Å². The summed E-state index contributed by atoms with van der Waals surface area (Å²) in [6.45, 7) is 4.41. The van der Waals surface area contributed by atoms with Gasteiger partial charge >= 0.3 is 0 Å². The van der Waals surface area contributed by atoms with Gasteiger partial charge in [0, 0.05) is 5.88 Å². The minimum absolute atomic E-state index is 0.643. The van der Waals surface area contributed by atoms with E-state index in [1.54, 1.807) is 0 Å². The molecule has 1 heteroatoms. The number of hydrogen-bond donors (Lipinski definition) is 0. The summed E-state index contributed by atoms with van der Waals surface area (Å²) in [6.07, 6.45) is 4.71. The molecule has 1 aromatic rings. The average molecular weight is 225 g/mol. The zero-order valence-electron chi connectivity index (χ0n) is 9.80. The number of halogens is 1. The Morgan fingerprint density at radius 1 is 1.07 bits per heavy atom. The van der Waals surface area contributed by atoms with Crippen LogP contribution < -0.4 is 0 Å². The van der Waals surface area contributed by atoms with E-state index in [0.717, 1.165) is 18.7 Å². The predicted octanol–water partition coefficient (Wildman–Crippen LogP) is 4.45. The van der Waals surface area contributed by atoms with Gasteiger partial charge in [-0.05, 0) is 36.3 Å². The van der Waals surface area contributed by atoms with Crippen LogP contribution in [-0.2, 0) is 12.8 Å². The second-order valence-electron chi connectivity index (χ2n) is 4.18. The molecule has 0 aliphatic rings. The summed E-state index contributed by atoms with van der Waals surface area (Å²) in [5.41, 5.74) is 2.84. The van der Waals surface area contributed by atoms with Gasteiger partial charge in [-0.25, -0.2) is 0 Å². The zero-order valence-corrected chi connectivity index (χ0v) is 10.6. The van der Waals surface area contributed by atoms with Crippen LogP contribution in [0.5, 0.6) is 0 Å². The Kier molecular flexibility index (Phi) is 5.78. The van der Waals surface area contributed by atoms with Gasteiger partial charge in [-0.1, -0.05) is 44.5 Å². The monoisotopic (exact) mass is 224 g/mol. The lowest BCUT2D eigenvalue weighted by Gasteiger charge is -2.12. The van der Waals surface area contributed by atoms with Crippen LogP contribution in [0.1, 0.15) is 37.8 Å². The third-order valence-corrected chi connectivity index (χ3v) is 3.31. The van der Waals surface area contributed by atoms with Crippen molar-refractivity contribution in [3.8, 4) is 0 Å². The Labute approximate surface area is 98.7 Å². The van der Waals surface area contributed by atoms with Gasteiger partial charge in [0.15, 0.2) is 0 Å². The fourth-order valence-corrected chi connectivity index (χ4v) is 2.15. The van der Waals surface area contributed by atoms with Crippen molar-refractivity contribution in [2.24, 2.45) is 5.92 Å². The lowest BCUT2D eigenvalue weighted by molar-refractivity contribution is 0.528. The molecule has 0 aliphatic heterocycles. The first-order chi connectivity index (χ1) is 7.30. The Morgan fingerprint density at radius 3 is 2.13 bits per heavy atom. The standard InChI is InChI=1S/C14H21Cl/c1-3-5-14(11-15)10-13-8-6-12(4-2)7-9-13/h6-9,14H,3-5,10-11H2,1-2H3. The Balaban J connectivity index is 2.55. The molecule has 0 bridgehead atoms. The highest BCUT2D eigenvalue weighted by Crippen LogP contribution is 2.16. The minimum Gasteiger partial charge on any atom is -0.126 e. The molecule has 0 heterocycles. The Hall–Kier alpha value is -0.490. The molecule has 0 radical (unpaired) electrons. The molecule has 0 spiro atoms. The molecule has 0 saturated carbocycles. The van der Waals surface area contributed by atoms with E-state index in [2.05, 4.69) is 38.1 Å². The first kappa shape index (κ1) is 12.6. The first-order valence-corrected chi connectivity index (χ1v) is 6.47. The van der Waals surface area contributed by atoms with Crippen molar-refractivity contribution in [3.05, 3.63) is 35.4 Å². The maximum Gasteiger partial charge on any atom is 0.0254 e. The van der Waals surface area contributed by atoms with Crippen molar-refractivity contribution in [3.63, 3.8) is 0 Å². The number of benzene rings is 1. The number of rotatable bonds is 6. The van der Waals surface area contributed by atoms with E-state index in [0.29, 0.717) is 5.92 Å². The summed E-state index contributed by atoms with van der Waals surface area (Å²) < 4.78 is 0. The molecular formula is C14H21Cl. The lowest BCUT2D eigenvalue weighted by Crippen LogP contribution is -2.05. The molecule has 1 rings (SSSR count). The highest BCUT2D eigenvalue weighted by atomic mass is 35.5. The number of alkyl halides is 1. The van der Waals surface area contributed by atoms with E-state index in [4.69, 9.17) is 11.6 Å². The normalized spacial score (nSPS) is 12.7. The average Bonchev–Trinajstić information content (AvgIpc) is 2.29. The summed E-state index contributed by atoms with van der Waals surface area (Å²) in [5.74, 6) is 1.42. The maximum atomic E-state index is 5.95. The minimum atomic E-state index is 0.643. The van der Waals surface area contributed by atoms with Gasteiger partial charge in [0.2, 0.25) is 0 Å². The van der Waals surface area contributed by atoms with E-state index >= 15 is 0 Å². The number of aryl methyl sites for hydroxylation is 1. The molecule has 1 aromatic carbocycles. The van der Waals surface area contributed by atoms with Gasteiger partial charge in [0.05, 0.1) is 0 Å². The van der Waals surface area contributed by atoms with Crippen molar-refractivity contribution >= 4 is 11.6 Å². The van der Waals surface area contributed by atoms with Crippen LogP contribution in [0.3, 0.4) is 0 Å². The number of hydrogen-bond acceptors (Lipinski definition) is 0. The van der Waals surface area contributed by atoms with Crippen molar-refractivity contribution < 1.29 is 0 Å². The van der Waals surface area contributed by atoms with Gasteiger partial charge in [0.1, 0.15) is 0 Å². The van der Waals surface area contributed by atoms with Crippen LogP contribution in [0.4, 0.5) is 0 Å². The van der Waals surface area contributed by atoms with E-state index in [-0.39, 0.29) is 0 Å². The topological polar surface area (TPSA) is 0 Å². The predicted molar refractivity (Wildman–Crippen MR) is 68.6 cm³/mol. The molecule has 0 aromatic heterocycles. The molecule has 1 atom stereocenters. The molecule has 15 heavy (non-hydrogen) atoms. The summed E-state index contributed by atoms with van der Waals surface area (Å²) in [5, 5.41) is 0.